The predicted octanol–water partition coefficient (Wildman–Crippen LogP) is 2.39. The largest absolute Gasteiger partial charge is 0.494 e. The van der Waals surface area contributed by atoms with Crippen LogP contribution in [0.1, 0.15) is 17.4 Å². The highest BCUT2D eigenvalue weighted by atomic mass is 16.5. The lowest BCUT2D eigenvalue weighted by Crippen LogP contribution is -2.44. The highest BCUT2D eigenvalue weighted by Gasteiger charge is 2.25. The first-order valence-electron chi connectivity index (χ1n) is 11.0. The molecule has 0 spiro atoms. The monoisotopic (exact) mass is 443 g/mol. The number of para-hydroxylation sites is 1. The van der Waals surface area contributed by atoms with E-state index in [-0.39, 0.29) is 5.69 Å². The molecular weight excluding hydrogens is 418 g/mol. The summed E-state index contributed by atoms with van der Waals surface area (Å²) in [6, 6.07) is 17.3. The van der Waals surface area contributed by atoms with Crippen LogP contribution in [0.3, 0.4) is 0 Å². The van der Waals surface area contributed by atoms with Gasteiger partial charge in [-0.1, -0.05) is 18.2 Å². The number of nitrogens with two attached hydrogens (primary N) is 1. The fourth-order valence-electron chi connectivity index (χ4n) is 4.01. The van der Waals surface area contributed by atoms with E-state index in [1.165, 1.54) is 0 Å². The van der Waals surface area contributed by atoms with Crippen molar-refractivity contribution in [2.24, 2.45) is 5.73 Å². The van der Waals surface area contributed by atoms with Crippen LogP contribution in [0, 0.1) is 0 Å². The van der Waals surface area contributed by atoms with Crippen molar-refractivity contribution in [2.45, 2.75) is 6.92 Å². The molecule has 1 saturated heterocycles. The molecule has 0 bridgehead atoms. The van der Waals surface area contributed by atoms with Gasteiger partial charge in [-0.3, -0.25) is 9.36 Å². The molecule has 1 aliphatic heterocycles. The fourth-order valence-corrected chi connectivity index (χ4v) is 4.01. The maximum absolute atomic E-state index is 12.4. The summed E-state index contributed by atoms with van der Waals surface area (Å²) in [7, 11) is 0. The highest BCUT2D eigenvalue weighted by Crippen LogP contribution is 2.30. The Hall–Kier alpha value is -3.98. The van der Waals surface area contributed by atoms with Gasteiger partial charge in [-0.05, 0) is 43.3 Å². The molecule has 0 atom stereocenters. The average Bonchev–Trinajstić information content (AvgIpc) is 3.24. The van der Waals surface area contributed by atoms with E-state index in [0.29, 0.717) is 23.6 Å². The van der Waals surface area contributed by atoms with Gasteiger partial charge < -0.3 is 20.7 Å². The number of hydrogen-bond acceptors (Lipinski definition) is 7. The lowest BCUT2D eigenvalue weighted by atomic mass is 10.2. The fraction of sp³-hybridized carbons (Fsp3) is 0.250. The number of nitrogens with zero attached hydrogens (tertiary/aromatic N) is 5. The van der Waals surface area contributed by atoms with Crippen LogP contribution in [0.5, 0.6) is 5.75 Å². The Bertz CT molecular complexity index is 1280. The predicted molar refractivity (Wildman–Crippen MR) is 127 cm³/mol. The molecule has 4 aromatic rings. The van der Waals surface area contributed by atoms with E-state index < -0.39 is 5.91 Å². The van der Waals surface area contributed by atoms with Crippen molar-refractivity contribution in [1.29, 1.82) is 0 Å². The number of aromatic nitrogens is 4. The van der Waals surface area contributed by atoms with Crippen LogP contribution >= 0.6 is 0 Å². The number of carbonyl (C=O) groups excluding carboxylic acids is 1. The Morgan fingerprint density at radius 3 is 2.42 bits per heavy atom. The second kappa shape index (κ2) is 8.87. The molecule has 33 heavy (non-hydrogen) atoms. The third-order valence-electron chi connectivity index (χ3n) is 5.56. The number of primary amides is 1. The molecule has 0 saturated carbocycles. The summed E-state index contributed by atoms with van der Waals surface area (Å²) in [6.45, 7) is 5.81. The van der Waals surface area contributed by atoms with Crippen LogP contribution in [0.4, 0.5) is 5.95 Å². The summed E-state index contributed by atoms with van der Waals surface area (Å²) in [5.74, 6) is 1.24. The van der Waals surface area contributed by atoms with Gasteiger partial charge in [0.25, 0.3) is 5.91 Å². The van der Waals surface area contributed by atoms with Crippen molar-refractivity contribution < 1.29 is 9.53 Å². The van der Waals surface area contributed by atoms with Crippen molar-refractivity contribution in [3.63, 3.8) is 0 Å². The van der Waals surface area contributed by atoms with Crippen LogP contribution in [0.2, 0.25) is 0 Å². The molecule has 1 aliphatic rings. The molecule has 9 heteroatoms. The Morgan fingerprint density at radius 2 is 1.76 bits per heavy atom. The average molecular weight is 444 g/mol. The summed E-state index contributed by atoms with van der Waals surface area (Å²) in [5, 5.41) is 3.36. The molecule has 0 radical (unpaired) electrons. The molecule has 0 unspecified atom stereocenters. The first kappa shape index (κ1) is 20.9. The van der Waals surface area contributed by atoms with Gasteiger partial charge in [-0.25, -0.2) is 15.0 Å². The zero-order valence-electron chi connectivity index (χ0n) is 18.4. The van der Waals surface area contributed by atoms with Gasteiger partial charge in [0.2, 0.25) is 5.95 Å². The van der Waals surface area contributed by atoms with Gasteiger partial charge in [0, 0.05) is 31.7 Å². The lowest BCUT2D eigenvalue weighted by molar-refractivity contribution is 0.0997. The Morgan fingerprint density at radius 1 is 1.03 bits per heavy atom. The topological polar surface area (TPSA) is 111 Å². The van der Waals surface area contributed by atoms with Crippen molar-refractivity contribution in [2.75, 3.05) is 37.7 Å². The Balaban J connectivity index is 1.74. The molecule has 0 aliphatic carbocycles. The van der Waals surface area contributed by atoms with Gasteiger partial charge in [0.1, 0.15) is 11.3 Å². The zero-order chi connectivity index (χ0) is 22.8. The van der Waals surface area contributed by atoms with E-state index in [1.807, 2.05) is 66.1 Å². The molecule has 2 aromatic heterocycles. The molecule has 9 nitrogen and oxygen atoms in total. The van der Waals surface area contributed by atoms with E-state index in [1.54, 1.807) is 0 Å². The quantitative estimate of drug-likeness (QED) is 0.471. The van der Waals surface area contributed by atoms with E-state index in [9.17, 15) is 4.79 Å². The van der Waals surface area contributed by atoms with E-state index in [0.717, 1.165) is 49.1 Å². The number of anilines is 1. The van der Waals surface area contributed by atoms with Gasteiger partial charge in [0.05, 0.1) is 12.3 Å². The minimum absolute atomic E-state index is 0.106. The molecule has 3 N–H and O–H groups in total. The van der Waals surface area contributed by atoms with Gasteiger partial charge >= 0.3 is 0 Å². The number of fused-ring (bicyclic) bond motifs is 1. The second-order valence-electron chi connectivity index (χ2n) is 7.71. The summed E-state index contributed by atoms with van der Waals surface area (Å²) < 4.78 is 7.52. The number of amides is 1. The maximum Gasteiger partial charge on any atom is 0.269 e. The van der Waals surface area contributed by atoms with E-state index >= 15 is 0 Å². The first-order valence-corrected chi connectivity index (χ1v) is 11.0. The van der Waals surface area contributed by atoms with Crippen molar-refractivity contribution in [1.82, 2.24) is 24.8 Å². The smallest absolute Gasteiger partial charge is 0.269 e. The number of imidazole rings is 1. The minimum atomic E-state index is -0.640. The van der Waals surface area contributed by atoms with Crippen molar-refractivity contribution in [3.8, 4) is 22.8 Å². The normalized spacial score (nSPS) is 13.9. The molecule has 1 fully saturated rings. The molecule has 5 rings (SSSR count). The van der Waals surface area contributed by atoms with Gasteiger partial charge in [-0.15, -0.1) is 0 Å². The maximum atomic E-state index is 12.4. The number of benzene rings is 2. The lowest BCUT2D eigenvalue weighted by Gasteiger charge is -2.28. The first-order chi connectivity index (χ1) is 16.2. The van der Waals surface area contributed by atoms with Crippen molar-refractivity contribution in [3.05, 3.63) is 60.3 Å². The van der Waals surface area contributed by atoms with Crippen LogP contribution in [-0.4, -0.2) is 58.2 Å². The second-order valence-corrected chi connectivity index (χ2v) is 7.71. The van der Waals surface area contributed by atoms with Gasteiger partial charge in [0.15, 0.2) is 17.2 Å². The number of hydrogen-bond donors (Lipinski definition) is 2. The number of carbonyl (C=O) groups is 1. The minimum Gasteiger partial charge on any atom is -0.494 e. The number of ether oxygens (including phenoxy) is 1. The van der Waals surface area contributed by atoms with E-state index in [2.05, 4.69) is 15.2 Å². The Kier molecular flexibility index (Phi) is 5.62. The highest BCUT2D eigenvalue weighted by molar-refractivity contribution is 6.03. The van der Waals surface area contributed by atoms with Crippen LogP contribution in [0.25, 0.3) is 28.2 Å². The number of piperazine rings is 1. The molecule has 168 valence electrons. The van der Waals surface area contributed by atoms with Crippen LogP contribution in [-0.2, 0) is 0 Å². The molecular formula is C24H25N7O2. The standard InChI is InChI=1S/C24H25N7O2/c1-2-33-18-10-8-16(9-11-18)22-27-19(21(25)32)20-23(29-22)31(17-6-4-3-5-7-17)24(28-20)30-14-12-26-13-15-30/h3-11,26H,2,12-15H2,1H3,(H2,25,32). The number of nitrogens with one attached hydrogen (secondary N) is 1. The summed E-state index contributed by atoms with van der Waals surface area (Å²) in [5.41, 5.74) is 8.45. The molecule has 1 amide bonds. The molecule has 3 heterocycles. The van der Waals surface area contributed by atoms with E-state index in [4.69, 9.17) is 20.4 Å². The van der Waals surface area contributed by atoms with Gasteiger partial charge in [-0.2, -0.15) is 0 Å². The number of rotatable bonds is 6. The van der Waals surface area contributed by atoms with Crippen LogP contribution in [0.15, 0.2) is 54.6 Å². The third kappa shape index (κ3) is 3.98. The summed E-state index contributed by atoms with van der Waals surface area (Å²) in [6.07, 6.45) is 0. The third-order valence-corrected chi connectivity index (χ3v) is 5.56. The van der Waals surface area contributed by atoms with Crippen molar-refractivity contribution >= 4 is 23.0 Å². The zero-order valence-corrected chi connectivity index (χ0v) is 18.4. The summed E-state index contributed by atoms with van der Waals surface area (Å²) in [4.78, 5) is 28.8. The summed E-state index contributed by atoms with van der Waals surface area (Å²) >= 11 is 0. The Labute approximate surface area is 191 Å². The molecule has 2 aromatic carbocycles. The SMILES string of the molecule is CCOc1ccc(-c2nc(C(N)=O)c3nc(N4CCNCC4)n(-c4ccccc4)c3n2)cc1. The van der Waals surface area contributed by atoms with Crippen LogP contribution < -0.4 is 20.7 Å².